The van der Waals surface area contributed by atoms with Gasteiger partial charge in [-0.3, -0.25) is 4.79 Å². The highest BCUT2D eigenvalue weighted by atomic mass is 16.1. The van der Waals surface area contributed by atoms with Crippen LogP contribution < -0.4 is 10.6 Å². The summed E-state index contributed by atoms with van der Waals surface area (Å²) in [6, 6.07) is 11.9. The van der Waals surface area contributed by atoms with Gasteiger partial charge in [0.15, 0.2) is 0 Å². The standard InChI is InChI=1S/C27H33N7O/c1-17(2)14-28-15-19-10-23(32-22-8-9-29-24(19)22)25(35)31-21-7-5-6-20(11-21)27(12-18(3)13-27)26-33-30-16-34(26)4/h5-11,16-18,28-29H,12-15H2,1-4H3,(H,31,35). The molecule has 0 aliphatic heterocycles. The first-order valence-corrected chi connectivity index (χ1v) is 12.3. The van der Waals surface area contributed by atoms with Crippen molar-refractivity contribution < 1.29 is 4.79 Å². The van der Waals surface area contributed by atoms with E-state index in [4.69, 9.17) is 0 Å². The predicted octanol–water partition coefficient (Wildman–Crippen LogP) is 4.41. The smallest absolute Gasteiger partial charge is 0.274 e. The fourth-order valence-corrected chi connectivity index (χ4v) is 5.35. The minimum Gasteiger partial charge on any atom is -0.360 e. The van der Waals surface area contributed by atoms with Crippen molar-refractivity contribution in [2.24, 2.45) is 18.9 Å². The molecule has 0 bridgehead atoms. The van der Waals surface area contributed by atoms with Gasteiger partial charge in [-0.25, -0.2) is 4.98 Å². The number of benzene rings is 1. The number of aromatic nitrogens is 5. The summed E-state index contributed by atoms with van der Waals surface area (Å²) in [5.74, 6) is 1.92. The normalized spacial score (nSPS) is 19.7. The lowest BCUT2D eigenvalue weighted by Gasteiger charge is -2.46. The number of rotatable bonds is 8. The molecule has 5 rings (SSSR count). The molecule has 1 saturated carbocycles. The Morgan fingerprint density at radius 1 is 1.26 bits per heavy atom. The number of carbonyl (C=O) groups excluding carboxylic acids is 1. The molecule has 3 heterocycles. The van der Waals surface area contributed by atoms with E-state index in [2.05, 4.69) is 63.7 Å². The highest BCUT2D eigenvalue weighted by Crippen LogP contribution is 2.51. The number of amides is 1. The zero-order chi connectivity index (χ0) is 24.6. The van der Waals surface area contributed by atoms with Gasteiger partial charge in [0.2, 0.25) is 0 Å². The van der Waals surface area contributed by atoms with E-state index in [1.165, 1.54) is 0 Å². The van der Waals surface area contributed by atoms with E-state index in [9.17, 15) is 4.79 Å². The molecule has 35 heavy (non-hydrogen) atoms. The first kappa shape index (κ1) is 23.2. The first-order valence-electron chi connectivity index (χ1n) is 12.3. The van der Waals surface area contributed by atoms with Crippen LogP contribution in [-0.4, -0.2) is 37.2 Å². The van der Waals surface area contributed by atoms with Crippen molar-refractivity contribution in [1.82, 2.24) is 30.0 Å². The number of aryl methyl sites for hydroxylation is 1. The second-order valence-electron chi connectivity index (χ2n) is 10.3. The SMILES string of the molecule is CC(C)CNCc1cc(C(=O)Nc2cccc(C3(c4nncn4C)CC(C)C3)c2)nc2cc[nH]c12. The number of H-pyrrole nitrogens is 1. The largest absolute Gasteiger partial charge is 0.360 e. The van der Waals surface area contributed by atoms with E-state index in [0.717, 1.165) is 53.1 Å². The maximum atomic E-state index is 13.3. The minimum atomic E-state index is -0.218. The van der Waals surface area contributed by atoms with Crippen molar-refractivity contribution in [3.8, 4) is 0 Å². The van der Waals surface area contributed by atoms with Gasteiger partial charge in [0.1, 0.15) is 17.8 Å². The number of pyridine rings is 1. The van der Waals surface area contributed by atoms with Gasteiger partial charge in [0.05, 0.1) is 16.4 Å². The zero-order valence-electron chi connectivity index (χ0n) is 20.8. The number of anilines is 1. The average molecular weight is 472 g/mol. The Balaban J connectivity index is 1.40. The van der Waals surface area contributed by atoms with Gasteiger partial charge in [-0.2, -0.15) is 0 Å². The van der Waals surface area contributed by atoms with Crippen molar-refractivity contribution in [2.75, 3.05) is 11.9 Å². The van der Waals surface area contributed by atoms with Crippen LogP contribution in [0.25, 0.3) is 11.0 Å². The molecule has 0 saturated heterocycles. The fourth-order valence-electron chi connectivity index (χ4n) is 5.35. The van der Waals surface area contributed by atoms with Crippen molar-refractivity contribution in [3.63, 3.8) is 0 Å². The monoisotopic (exact) mass is 471 g/mol. The molecule has 182 valence electrons. The van der Waals surface area contributed by atoms with E-state index >= 15 is 0 Å². The van der Waals surface area contributed by atoms with Crippen LogP contribution in [0.3, 0.4) is 0 Å². The Hall–Kier alpha value is -3.52. The molecule has 0 unspecified atom stereocenters. The number of fused-ring (bicyclic) bond motifs is 1. The topological polar surface area (TPSA) is 101 Å². The maximum absolute atomic E-state index is 13.3. The molecule has 1 amide bonds. The highest BCUT2D eigenvalue weighted by molar-refractivity contribution is 6.04. The van der Waals surface area contributed by atoms with E-state index in [1.807, 2.05) is 42.1 Å². The molecule has 3 N–H and O–H groups in total. The van der Waals surface area contributed by atoms with Crippen LogP contribution in [0.2, 0.25) is 0 Å². The van der Waals surface area contributed by atoms with E-state index < -0.39 is 0 Å². The van der Waals surface area contributed by atoms with Crippen LogP contribution >= 0.6 is 0 Å². The summed E-state index contributed by atoms with van der Waals surface area (Å²) in [4.78, 5) is 21.1. The molecule has 3 aromatic heterocycles. The summed E-state index contributed by atoms with van der Waals surface area (Å²) in [6.45, 7) is 8.19. The lowest BCUT2D eigenvalue weighted by Crippen LogP contribution is -2.43. The molecule has 4 aromatic rings. The van der Waals surface area contributed by atoms with Crippen LogP contribution in [0, 0.1) is 11.8 Å². The zero-order valence-corrected chi connectivity index (χ0v) is 20.8. The Morgan fingerprint density at radius 3 is 2.80 bits per heavy atom. The summed E-state index contributed by atoms with van der Waals surface area (Å²) in [5, 5.41) is 15.1. The number of nitrogens with one attached hydrogen (secondary N) is 3. The molecular weight excluding hydrogens is 438 g/mol. The lowest BCUT2D eigenvalue weighted by atomic mass is 9.58. The molecule has 0 spiro atoms. The van der Waals surface area contributed by atoms with Crippen molar-refractivity contribution >= 4 is 22.6 Å². The number of nitrogens with zero attached hydrogens (tertiary/aromatic N) is 4. The highest BCUT2D eigenvalue weighted by Gasteiger charge is 2.48. The van der Waals surface area contributed by atoms with Crippen LogP contribution in [0.4, 0.5) is 5.69 Å². The van der Waals surface area contributed by atoms with Crippen molar-refractivity contribution in [1.29, 1.82) is 0 Å². The Morgan fingerprint density at radius 2 is 2.09 bits per heavy atom. The molecule has 0 atom stereocenters. The molecule has 8 nitrogen and oxygen atoms in total. The molecular formula is C27H33N7O. The summed E-state index contributed by atoms with van der Waals surface area (Å²) < 4.78 is 2.00. The van der Waals surface area contributed by atoms with Crippen molar-refractivity contribution in [3.05, 3.63) is 71.6 Å². The third-order valence-corrected chi connectivity index (χ3v) is 6.90. The summed E-state index contributed by atoms with van der Waals surface area (Å²) in [7, 11) is 1.99. The van der Waals surface area contributed by atoms with Gasteiger partial charge in [-0.1, -0.05) is 32.9 Å². The van der Waals surface area contributed by atoms with Crippen molar-refractivity contribution in [2.45, 2.75) is 45.6 Å². The fraction of sp³-hybridized carbons (Fsp3) is 0.407. The van der Waals surface area contributed by atoms with Gasteiger partial charge in [-0.15, -0.1) is 10.2 Å². The Kier molecular flexibility index (Phi) is 6.15. The van der Waals surface area contributed by atoms with E-state index in [1.54, 1.807) is 6.33 Å². The molecule has 1 aromatic carbocycles. The number of hydrogen-bond donors (Lipinski definition) is 3. The van der Waals surface area contributed by atoms with Gasteiger partial charge in [-0.05, 0) is 66.6 Å². The minimum absolute atomic E-state index is 0.178. The molecule has 8 heteroatoms. The van der Waals surface area contributed by atoms with E-state index in [-0.39, 0.29) is 11.3 Å². The number of aromatic amines is 1. The van der Waals surface area contributed by atoms with Gasteiger partial charge in [0, 0.05) is 25.5 Å². The van der Waals surface area contributed by atoms with Gasteiger partial charge in [0.25, 0.3) is 5.91 Å². The quantitative estimate of drug-likeness (QED) is 0.354. The van der Waals surface area contributed by atoms with Crippen LogP contribution in [0.1, 0.15) is 61.1 Å². The second-order valence-corrected chi connectivity index (χ2v) is 10.3. The third kappa shape index (κ3) is 4.46. The van der Waals surface area contributed by atoms with Crippen LogP contribution in [0.5, 0.6) is 0 Å². The Labute approximate surface area is 205 Å². The third-order valence-electron chi connectivity index (χ3n) is 6.90. The second kappa shape index (κ2) is 9.26. The number of hydrogen-bond acceptors (Lipinski definition) is 5. The first-order chi connectivity index (χ1) is 16.9. The molecule has 1 fully saturated rings. The van der Waals surface area contributed by atoms with Gasteiger partial charge < -0.3 is 20.2 Å². The molecule has 1 aliphatic rings. The molecule has 0 radical (unpaired) electrons. The maximum Gasteiger partial charge on any atom is 0.274 e. The predicted molar refractivity (Wildman–Crippen MR) is 137 cm³/mol. The van der Waals surface area contributed by atoms with Gasteiger partial charge >= 0.3 is 0 Å². The van der Waals surface area contributed by atoms with Crippen LogP contribution in [0.15, 0.2) is 48.9 Å². The van der Waals surface area contributed by atoms with Crippen LogP contribution in [-0.2, 0) is 19.0 Å². The average Bonchev–Trinajstić information content (AvgIpc) is 3.45. The van der Waals surface area contributed by atoms with E-state index in [0.29, 0.717) is 24.1 Å². The lowest BCUT2D eigenvalue weighted by molar-refractivity contribution is 0.102. The summed E-state index contributed by atoms with van der Waals surface area (Å²) in [6.07, 6.45) is 5.63. The molecule has 1 aliphatic carbocycles. The summed E-state index contributed by atoms with van der Waals surface area (Å²) >= 11 is 0. The number of carbonyl (C=O) groups is 1. The summed E-state index contributed by atoms with van der Waals surface area (Å²) in [5.41, 5.74) is 4.92. The Bertz CT molecular complexity index is 1350.